The minimum absolute atomic E-state index is 0.0113. The van der Waals surface area contributed by atoms with Crippen LogP contribution in [0.4, 0.5) is 5.69 Å². The Morgan fingerprint density at radius 3 is 2.53 bits per heavy atom. The van der Waals surface area contributed by atoms with E-state index in [1.54, 1.807) is 37.5 Å². The molecule has 12 nitrogen and oxygen atoms in total. The van der Waals surface area contributed by atoms with Gasteiger partial charge in [-0.15, -0.1) is 0 Å². The third-order valence-electron chi connectivity index (χ3n) is 11.2. The van der Waals surface area contributed by atoms with Gasteiger partial charge in [-0.1, -0.05) is 20.8 Å². The van der Waals surface area contributed by atoms with Crippen molar-refractivity contribution >= 4 is 17.6 Å². The second-order valence-electron chi connectivity index (χ2n) is 13.8. The highest BCUT2D eigenvalue weighted by molar-refractivity contribution is 5.89. The first-order valence-corrected chi connectivity index (χ1v) is 15.7. The van der Waals surface area contributed by atoms with E-state index in [9.17, 15) is 29.6 Å². The summed E-state index contributed by atoms with van der Waals surface area (Å²) in [6.45, 7) is 9.50. The van der Waals surface area contributed by atoms with Crippen molar-refractivity contribution in [1.82, 2.24) is 4.98 Å². The summed E-state index contributed by atoms with van der Waals surface area (Å²) in [5.41, 5.74) is -2.83. The Hall–Kier alpha value is -4.58. The normalized spacial score (nSPS) is 32.5. The molecule has 3 aliphatic rings. The van der Waals surface area contributed by atoms with Crippen molar-refractivity contribution in [2.24, 2.45) is 28.6 Å². The van der Waals surface area contributed by atoms with Crippen LogP contribution in [0.15, 0.2) is 64.1 Å². The fourth-order valence-corrected chi connectivity index (χ4v) is 8.61. The maximum absolute atomic E-state index is 13.7. The van der Waals surface area contributed by atoms with Gasteiger partial charge in [0.05, 0.1) is 23.2 Å². The average molecular weight is 647 g/mol. The molecule has 0 radical (unpaired) electrons. The third kappa shape index (κ3) is 5.28. The summed E-state index contributed by atoms with van der Waals surface area (Å²) < 4.78 is 24.3. The third-order valence-corrected chi connectivity index (χ3v) is 11.2. The molecule has 3 heterocycles. The number of nitro benzene ring substituents is 1. The molecule has 0 amide bonds. The van der Waals surface area contributed by atoms with E-state index < -0.39 is 57.0 Å². The summed E-state index contributed by atoms with van der Waals surface area (Å²) in [6.07, 6.45) is 2.60. The number of hydrogen-bond donors (Lipinski definition) is 1. The molecule has 3 unspecified atom stereocenters. The van der Waals surface area contributed by atoms with Crippen LogP contribution in [0.3, 0.4) is 0 Å². The molecule has 2 aliphatic carbocycles. The van der Waals surface area contributed by atoms with Gasteiger partial charge in [0.2, 0.25) is 0 Å². The Balaban J connectivity index is 1.48. The van der Waals surface area contributed by atoms with Crippen molar-refractivity contribution in [1.29, 1.82) is 0 Å². The van der Waals surface area contributed by atoms with Gasteiger partial charge in [-0.2, -0.15) is 0 Å². The van der Waals surface area contributed by atoms with E-state index in [0.717, 1.165) is 6.42 Å². The lowest BCUT2D eigenvalue weighted by Gasteiger charge is -2.66. The predicted octanol–water partition coefficient (Wildman–Crippen LogP) is 5.66. The van der Waals surface area contributed by atoms with Crippen LogP contribution in [0.25, 0.3) is 11.3 Å². The molecule has 1 aromatic carbocycles. The van der Waals surface area contributed by atoms with Gasteiger partial charge in [0, 0.05) is 54.4 Å². The zero-order valence-corrected chi connectivity index (χ0v) is 26.9. The number of esters is 2. The van der Waals surface area contributed by atoms with Gasteiger partial charge in [0.1, 0.15) is 28.8 Å². The first kappa shape index (κ1) is 32.4. The van der Waals surface area contributed by atoms with Crippen LogP contribution >= 0.6 is 0 Å². The number of ether oxygens (including phenoxy) is 3. The highest BCUT2D eigenvalue weighted by atomic mass is 16.6. The van der Waals surface area contributed by atoms with Gasteiger partial charge in [-0.3, -0.25) is 19.9 Å². The number of aliphatic hydroxyl groups excluding tert-OH is 1. The summed E-state index contributed by atoms with van der Waals surface area (Å²) in [6, 6.07) is 10.1. The number of carbonyl (C=O) groups is 2. The molecular weight excluding hydrogens is 608 g/mol. The molecule has 3 aromatic rings. The molecule has 2 aromatic heterocycles. The minimum atomic E-state index is -1.34. The lowest BCUT2D eigenvalue weighted by molar-refractivity contribution is -0.384. The number of non-ortho nitro benzene ring substituents is 1. The van der Waals surface area contributed by atoms with E-state index in [1.807, 2.05) is 0 Å². The van der Waals surface area contributed by atoms with E-state index in [4.69, 9.17) is 18.6 Å². The van der Waals surface area contributed by atoms with Crippen molar-refractivity contribution in [2.45, 2.75) is 71.7 Å². The summed E-state index contributed by atoms with van der Waals surface area (Å²) >= 11 is 0. The van der Waals surface area contributed by atoms with Crippen molar-refractivity contribution in [3.05, 3.63) is 86.5 Å². The number of nitro groups is 1. The molecule has 1 N–H and O–H groups in total. The molecular formula is C35H38N2O10. The van der Waals surface area contributed by atoms with E-state index >= 15 is 0 Å². The van der Waals surface area contributed by atoms with Gasteiger partial charge in [0.15, 0.2) is 0 Å². The molecule has 2 saturated carbocycles. The summed E-state index contributed by atoms with van der Waals surface area (Å²) in [7, 11) is 0. The largest absolute Gasteiger partial charge is 0.482 e. The molecule has 2 fully saturated rings. The van der Waals surface area contributed by atoms with Gasteiger partial charge in [-0.25, -0.2) is 9.59 Å². The van der Waals surface area contributed by atoms with Gasteiger partial charge in [0.25, 0.3) is 5.69 Å². The quantitative estimate of drug-likeness (QED) is 0.199. The van der Waals surface area contributed by atoms with Crippen molar-refractivity contribution in [3.8, 4) is 17.1 Å². The first-order chi connectivity index (χ1) is 22.2. The Bertz CT molecular complexity index is 1780. The number of aromatic nitrogens is 1. The van der Waals surface area contributed by atoms with E-state index in [-0.39, 0.29) is 46.8 Å². The fraction of sp³-hybridized carbons (Fsp3) is 0.486. The fourth-order valence-electron chi connectivity index (χ4n) is 8.61. The zero-order valence-electron chi connectivity index (χ0n) is 26.9. The summed E-state index contributed by atoms with van der Waals surface area (Å²) in [5.74, 6) is -1.68. The highest BCUT2D eigenvalue weighted by Gasteiger charge is 2.70. The van der Waals surface area contributed by atoms with Crippen LogP contribution in [-0.4, -0.2) is 45.3 Å². The molecule has 8 atom stereocenters. The van der Waals surface area contributed by atoms with Gasteiger partial charge >= 0.3 is 17.6 Å². The molecule has 6 rings (SSSR count). The molecule has 47 heavy (non-hydrogen) atoms. The first-order valence-electron chi connectivity index (χ1n) is 15.7. The molecule has 12 heteroatoms. The van der Waals surface area contributed by atoms with Crippen LogP contribution in [0.1, 0.15) is 75.9 Å². The van der Waals surface area contributed by atoms with Crippen molar-refractivity contribution < 1.29 is 38.2 Å². The predicted molar refractivity (Wildman–Crippen MR) is 167 cm³/mol. The molecule has 0 saturated heterocycles. The van der Waals surface area contributed by atoms with Crippen LogP contribution in [0.2, 0.25) is 0 Å². The maximum atomic E-state index is 13.7. The average Bonchev–Trinajstić information content (AvgIpc) is 3.03. The van der Waals surface area contributed by atoms with Gasteiger partial charge < -0.3 is 23.7 Å². The van der Waals surface area contributed by atoms with Crippen LogP contribution in [0.5, 0.6) is 5.75 Å². The monoisotopic (exact) mass is 646 g/mol. The van der Waals surface area contributed by atoms with Crippen molar-refractivity contribution in [3.63, 3.8) is 0 Å². The lowest BCUT2D eigenvalue weighted by Crippen LogP contribution is -2.70. The SMILES string of the molecule is CC(=O)OCC1(C)C2C[C@H](OC(=O)c3ccc([N+](=O)[O-])cc3)[C@@]3(C)Oc4cc(-c5cccnc5)oc(=O)c4[C@H](O)C3[C@@]2(C)CC[C@@H]1C. The molecule has 0 spiro atoms. The Morgan fingerprint density at radius 1 is 1.17 bits per heavy atom. The van der Waals surface area contributed by atoms with Crippen molar-refractivity contribution in [2.75, 3.05) is 6.61 Å². The number of fused-ring (bicyclic) bond motifs is 4. The topological polar surface area (TPSA) is 168 Å². The maximum Gasteiger partial charge on any atom is 0.345 e. The van der Waals surface area contributed by atoms with Crippen LogP contribution < -0.4 is 10.4 Å². The standard InChI is InChI=1S/C35H38N2O10/c1-19-12-13-33(3)26(34(19,4)18-44-20(2)38)16-27(46-31(40)21-8-10-23(11-9-21)37(42)43)35(5)30(33)29(39)28-25(47-35)15-24(45-32(28)41)22-7-6-14-36-17-22/h6-11,14-15,17,19,26-27,29-30,39H,12-13,16,18H2,1-5H3/t19-,26?,27-,29-,30?,33-,34?,35+/m0/s1. The number of hydrogen-bond acceptors (Lipinski definition) is 11. The highest BCUT2D eigenvalue weighted by Crippen LogP contribution is 2.68. The van der Waals surface area contributed by atoms with Crippen LogP contribution in [-0.2, 0) is 14.3 Å². The number of pyridine rings is 1. The van der Waals surface area contributed by atoms with Crippen LogP contribution in [0, 0.1) is 38.7 Å². The van der Waals surface area contributed by atoms with E-state index in [1.165, 1.54) is 31.2 Å². The smallest absolute Gasteiger partial charge is 0.345 e. The summed E-state index contributed by atoms with van der Waals surface area (Å²) in [5, 5.41) is 23.4. The number of aliphatic hydroxyl groups is 1. The minimum Gasteiger partial charge on any atom is -0.482 e. The Labute approximate surface area is 271 Å². The van der Waals surface area contributed by atoms with Gasteiger partial charge in [-0.05, 0) is 67.7 Å². The Kier molecular flexibility index (Phi) is 7.98. The molecule has 248 valence electrons. The zero-order chi connectivity index (χ0) is 33.9. The Morgan fingerprint density at radius 2 is 1.89 bits per heavy atom. The number of nitrogens with zero attached hydrogens (tertiary/aromatic N) is 2. The van der Waals surface area contributed by atoms with E-state index in [2.05, 4.69) is 25.8 Å². The second kappa shape index (κ2) is 11.6. The molecule has 0 bridgehead atoms. The lowest BCUT2D eigenvalue weighted by atomic mass is 9.41. The number of benzene rings is 1. The number of rotatable bonds is 6. The second-order valence-corrected chi connectivity index (χ2v) is 13.8. The summed E-state index contributed by atoms with van der Waals surface area (Å²) in [4.78, 5) is 54.0. The number of carbonyl (C=O) groups excluding carboxylic acids is 2. The van der Waals surface area contributed by atoms with E-state index in [0.29, 0.717) is 18.4 Å². The molecule has 1 aliphatic heterocycles.